The van der Waals surface area contributed by atoms with E-state index in [4.69, 9.17) is 14.6 Å². The van der Waals surface area contributed by atoms with Crippen LogP contribution in [0.1, 0.15) is 39.0 Å². The monoisotopic (exact) mass is 278 g/mol. The molecule has 0 amide bonds. The van der Waals surface area contributed by atoms with Crippen LogP contribution in [0.5, 0.6) is 11.5 Å². The van der Waals surface area contributed by atoms with Crippen LogP contribution in [0.4, 0.5) is 0 Å². The highest BCUT2D eigenvalue weighted by atomic mass is 16.5. The van der Waals surface area contributed by atoms with E-state index in [1.54, 1.807) is 12.1 Å². The predicted molar refractivity (Wildman–Crippen MR) is 76.2 cm³/mol. The van der Waals surface area contributed by atoms with E-state index in [0.29, 0.717) is 11.7 Å². The van der Waals surface area contributed by atoms with Crippen molar-refractivity contribution < 1.29 is 19.4 Å². The van der Waals surface area contributed by atoms with Crippen LogP contribution in [-0.4, -0.2) is 23.8 Å². The summed E-state index contributed by atoms with van der Waals surface area (Å²) in [4.78, 5) is 10.7. The average molecular weight is 278 g/mol. The van der Waals surface area contributed by atoms with Gasteiger partial charge in [-0.15, -0.1) is 0 Å². The molecule has 0 spiro atoms. The Labute approximate surface area is 119 Å². The lowest BCUT2D eigenvalue weighted by Crippen LogP contribution is -2.22. The van der Waals surface area contributed by atoms with Crippen molar-refractivity contribution in [2.75, 3.05) is 6.61 Å². The molecular formula is C16H22O4. The third kappa shape index (κ3) is 4.44. The highest BCUT2D eigenvalue weighted by molar-refractivity contribution is 5.72. The largest absolute Gasteiger partial charge is 0.493 e. The Morgan fingerprint density at radius 3 is 2.40 bits per heavy atom. The number of ether oxygens (including phenoxy) is 2. The van der Waals surface area contributed by atoms with Gasteiger partial charge < -0.3 is 14.6 Å². The van der Waals surface area contributed by atoms with Gasteiger partial charge in [-0.05, 0) is 49.9 Å². The Morgan fingerprint density at radius 2 is 1.80 bits per heavy atom. The number of carbonyl (C=O) groups is 1. The van der Waals surface area contributed by atoms with Crippen LogP contribution in [0.2, 0.25) is 0 Å². The number of carboxylic acid groups (broad SMARTS) is 1. The molecule has 0 bridgehead atoms. The van der Waals surface area contributed by atoms with E-state index in [9.17, 15) is 4.79 Å². The summed E-state index contributed by atoms with van der Waals surface area (Å²) >= 11 is 0. The quantitative estimate of drug-likeness (QED) is 0.865. The standard InChI is InChI=1S/C16H22O4/c1-12(16(17)18)20-15-9-7-14(8-10-15)19-11-13-5-3-2-4-6-13/h7-10,12-13H,2-6,11H2,1H3,(H,17,18)/t12-/m1/s1. The zero-order valence-corrected chi connectivity index (χ0v) is 11.9. The molecule has 0 heterocycles. The molecule has 1 aromatic rings. The Bertz CT molecular complexity index is 421. The second-order valence-electron chi connectivity index (χ2n) is 5.38. The minimum absolute atomic E-state index is 0.546. The minimum Gasteiger partial charge on any atom is -0.493 e. The normalized spacial score (nSPS) is 17.4. The average Bonchev–Trinajstić information content (AvgIpc) is 2.47. The molecule has 0 unspecified atom stereocenters. The Kier molecular flexibility index (Phi) is 5.27. The van der Waals surface area contributed by atoms with Gasteiger partial charge in [-0.1, -0.05) is 19.3 Å². The van der Waals surface area contributed by atoms with Crippen LogP contribution in [0.25, 0.3) is 0 Å². The number of aliphatic carboxylic acids is 1. The molecule has 0 radical (unpaired) electrons. The van der Waals surface area contributed by atoms with Crippen molar-refractivity contribution in [3.8, 4) is 11.5 Å². The molecule has 1 N–H and O–H groups in total. The van der Waals surface area contributed by atoms with E-state index in [2.05, 4.69) is 0 Å². The number of hydrogen-bond donors (Lipinski definition) is 1. The molecule has 1 aliphatic carbocycles. The first-order valence-corrected chi connectivity index (χ1v) is 7.27. The molecule has 0 aliphatic heterocycles. The van der Waals surface area contributed by atoms with E-state index >= 15 is 0 Å². The SMILES string of the molecule is C[C@@H](Oc1ccc(OCC2CCCCC2)cc1)C(=O)O. The van der Waals surface area contributed by atoms with Gasteiger partial charge in [0.25, 0.3) is 0 Å². The molecule has 1 saturated carbocycles. The van der Waals surface area contributed by atoms with Crippen LogP contribution >= 0.6 is 0 Å². The van der Waals surface area contributed by atoms with Gasteiger partial charge in [0.05, 0.1) is 6.61 Å². The van der Waals surface area contributed by atoms with Crippen molar-refractivity contribution in [1.82, 2.24) is 0 Å². The van der Waals surface area contributed by atoms with Gasteiger partial charge in [0.1, 0.15) is 11.5 Å². The number of rotatable bonds is 6. The maximum absolute atomic E-state index is 10.7. The smallest absolute Gasteiger partial charge is 0.344 e. The Morgan fingerprint density at radius 1 is 1.20 bits per heavy atom. The fourth-order valence-corrected chi connectivity index (χ4v) is 2.44. The first-order chi connectivity index (χ1) is 9.65. The fourth-order valence-electron chi connectivity index (χ4n) is 2.44. The van der Waals surface area contributed by atoms with Crippen LogP contribution in [0.15, 0.2) is 24.3 Å². The summed E-state index contributed by atoms with van der Waals surface area (Å²) in [7, 11) is 0. The number of hydrogen-bond acceptors (Lipinski definition) is 3. The first-order valence-electron chi connectivity index (χ1n) is 7.27. The van der Waals surface area contributed by atoms with Gasteiger partial charge in [0, 0.05) is 0 Å². The lowest BCUT2D eigenvalue weighted by molar-refractivity contribution is -0.144. The maximum atomic E-state index is 10.7. The second kappa shape index (κ2) is 7.17. The molecule has 110 valence electrons. The fraction of sp³-hybridized carbons (Fsp3) is 0.562. The third-order valence-corrected chi connectivity index (χ3v) is 3.69. The van der Waals surface area contributed by atoms with Crippen LogP contribution < -0.4 is 9.47 Å². The molecular weight excluding hydrogens is 256 g/mol. The van der Waals surface area contributed by atoms with Crippen molar-refractivity contribution in [2.24, 2.45) is 5.92 Å². The van der Waals surface area contributed by atoms with Crippen molar-refractivity contribution in [3.63, 3.8) is 0 Å². The molecule has 4 nitrogen and oxygen atoms in total. The summed E-state index contributed by atoms with van der Waals surface area (Å²) in [6.07, 6.45) is 5.66. The van der Waals surface area contributed by atoms with Gasteiger partial charge in [-0.25, -0.2) is 4.79 Å². The lowest BCUT2D eigenvalue weighted by atomic mass is 9.90. The topological polar surface area (TPSA) is 55.8 Å². The summed E-state index contributed by atoms with van der Waals surface area (Å²) in [5.74, 6) is 1.06. The zero-order valence-electron chi connectivity index (χ0n) is 11.9. The molecule has 1 aromatic carbocycles. The molecule has 20 heavy (non-hydrogen) atoms. The molecule has 0 aromatic heterocycles. The first kappa shape index (κ1) is 14.7. The molecule has 0 saturated heterocycles. The van der Waals surface area contributed by atoms with Crippen molar-refractivity contribution in [2.45, 2.75) is 45.1 Å². The Balaban J connectivity index is 1.80. The number of carboxylic acids is 1. The molecule has 2 rings (SSSR count). The van der Waals surface area contributed by atoms with Gasteiger partial charge in [0.15, 0.2) is 6.10 Å². The summed E-state index contributed by atoms with van der Waals surface area (Å²) in [6.45, 7) is 2.28. The predicted octanol–water partition coefficient (Wildman–Crippen LogP) is 3.50. The van der Waals surface area contributed by atoms with Gasteiger partial charge in [-0.3, -0.25) is 0 Å². The molecule has 1 fully saturated rings. The van der Waals surface area contributed by atoms with E-state index in [1.807, 2.05) is 12.1 Å². The van der Waals surface area contributed by atoms with E-state index < -0.39 is 12.1 Å². The number of benzene rings is 1. The maximum Gasteiger partial charge on any atom is 0.344 e. The summed E-state index contributed by atoms with van der Waals surface area (Å²) < 4.78 is 11.1. The van der Waals surface area contributed by atoms with Crippen molar-refractivity contribution >= 4 is 5.97 Å². The highest BCUT2D eigenvalue weighted by Crippen LogP contribution is 2.25. The molecule has 1 aliphatic rings. The minimum atomic E-state index is -0.970. The van der Waals surface area contributed by atoms with Gasteiger partial charge in [0.2, 0.25) is 0 Å². The highest BCUT2D eigenvalue weighted by Gasteiger charge is 2.14. The zero-order chi connectivity index (χ0) is 14.4. The lowest BCUT2D eigenvalue weighted by Gasteiger charge is -2.21. The van der Waals surface area contributed by atoms with Gasteiger partial charge in [-0.2, -0.15) is 0 Å². The van der Waals surface area contributed by atoms with Crippen LogP contribution in [0, 0.1) is 5.92 Å². The van der Waals surface area contributed by atoms with E-state index in [-0.39, 0.29) is 0 Å². The molecule has 1 atom stereocenters. The summed E-state index contributed by atoms with van der Waals surface area (Å²) in [5.41, 5.74) is 0. The van der Waals surface area contributed by atoms with E-state index in [0.717, 1.165) is 12.4 Å². The van der Waals surface area contributed by atoms with E-state index in [1.165, 1.54) is 39.0 Å². The Hall–Kier alpha value is -1.71. The molecule has 4 heteroatoms. The van der Waals surface area contributed by atoms with Gasteiger partial charge >= 0.3 is 5.97 Å². The third-order valence-electron chi connectivity index (χ3n) is 3.69. The van der Waals surface area contributed by atoms with Crippen molar-refractivity contribution in [3.05, 3.63) is 24.3 Å². The summed E-state index contributed by atoms with van der Waals surface area (Å²) in [5, 5.41) is 8.78. The van der Waals surface area contributed by atoms with Crippen molar-refractivity contribution in [1.29, 1.82) is 0 Å². The second-order valence-corrected chi connectivity index (χ2v) is 5.38. The van der Waals surface area contributed by atoms with Crippen LogP contribution in [0.3, 0.4) is 0 Å². The summed E-state index contributed by atoms with van der Waals surface area (Å²) in [6, 6.07) is 7.14. The van der Waals surface area contributed by atoms with Crippen LogP contribution in [-0.2, 0) is 4.79 Å².